The van der Waals surface area contributed by atoms with Crippen LogP contribution in [0, 0.1) is 0 Å². The largest absolute Gasteiger partial charge is 0.241 e. The van der Waals surface area contributed by atoms with E-state index in [2.05, 4.69) is 37.0 Å². The maximum atomic E-state index is 6.55. The zero-order chi connectivity index (χ0) is 14.1. The van der Waals surface area contributed by atoms with Crippen LogP contribution in [0.4, 0.5) is 0 Å². The van der Waals surface area contributed by atoms with Gasteiger partial charge in [-0.2, -0.15) is 5.10 Å². The molecular formula is C14H9Br2ClN2S. The summed E-state index contributed by atoms with van der Waals surface area (Å²) in [7, 11) is 0. The van der Waals surface area contributed by atoms with Crippen molar-refractivity contribution in [3.05, 3.63) is 67.5 Å². The third kappa shape index (κ3) is 2.86. The first-order valence-electron chi connectivity index (χ1n) is 5.84. The van der Waals surface area contributed by atoms with Gasteiger partial charge in [-0.25, -0.2) is 4.68 Å². The summed E-state index contributed by atoms with van der Waals surface area (Å²) in [6.45, 7) is 0. The van der Waals surface area contributed by atoms with Crippen LogP contribution in [0.15, 0.2) is 56.4 Å². The van der Waals surface area contributed by atoms with Gasteiger partial charge < -0.3 is 0 Å². The van der Waals surface area contributed by atoms with Gasteiger partial charge in [-0.1, -0.05) is 18.2 Å². The lowest BCUT2D eigenvalue weighted by Gasteiger charge is -2.05. The van der Waals surface area contributed by atoms with E-state index in [9.17, 15) is 0 Å². The number of hydrogen-bond donors (Lipinski definition) is 0. The first-order valence-corrected chi connectivity index (χ1v) is 8.68. The highest BCUT2D eigenvalue weighted by atomic mass is 79.9. The topological polar surface area (TPSA) is 17.8 Å². The summed E-state index contributed by atoms with van der Waals surface area (Å²) in [6, 6.07) is 12.0. The highest BCUT2D eigenvalue weighted by Gasteiger charge is 2.18. The zero-order valence-electron chi connectivity index (χ0n) is 10.1. The van der Waals surface area contributed by atoms with Crippen LogP contribution in [0.2, 0.25) is 0 Å². The van der Waals surface area contributed by atoms with Gasteiger partial charge in [0.2, 0.25) is 0 Å². The highest BCUT2D eigenvalue weighted by molar-refractivity contribution is 9.12. The van der Waals surface area contributed by atoms with Crippen molar-refractivity contribution in [1.29, 1.82) is 0 Å². The van der Waals surface area contributed by atoms with Crippen LogP contribution < -0.4 is 0 Å². The molecule has 102 valence electrons. The first kappa shape index (κ1) is 14.3. The van der Waals surface area contributed by atoms with Crippen LogP contribution in [0.25, 0.3) is 5.69 Å². The van der Waals surface area contributed by atoms with Crippen molar-refractivity contribution in [2.24, 2.45) is 0 Å². The molecule has 0 amide bonds. The van der Waals surface area contributed by atoms with E-state index >= 15 is 0 Å². The van der Waals surface area contributed by atoms with Crippen LogP contribution in [0.5, 0.6) is 0 Å². The third-order valence-electron chi connectivity index (χ3n) is 2.87. The van der Waals surface area contributed by atoms with Crippen LogP contribution in [-0.4, -0.2) is 9.78 Å². The average Bonchev–Trinajstić information content (AvgIpc) is 3.06. The van der Waals surface area contributed by atoms with Crippen molar-refractivity contribution in [2.45, 2.75) is 5.38 Å². The Morgan fingerprint density at radius 1 is 1.20 bits per heavy atom. The number of hydrogen-bond acceptors (Lipinski definition) is 2. The highest BCUT2D eigenvalue weighted by Crippen LogP contribution is 2.40. The van der Waals surface area contributed by atoms with E-state index in [1.807, 2.05) is 53.5 Å². The van der Waals surface area contributed by atoms with Gasteiger partial charge in [0.15, 0.2) is 0 Å². The quantitative estimate of drug-likeness (QED) is 0.479. The molecule has 6 heteroatoms. The second-order valence-corrected chi connectivity index (χ2v) is 8.38. The molecule has 0 spiro atoms. The van der Waals surface area contributed by atoms with Crippen molar-refractivity contribution in [3.63, 3.8) is 0 Å². The Morgan fingerprint density at radius 2 is 1.95 bits per heavy atom. The van der Waals surface area contributed by atoms with E-state index in [4.69, 9.17) is 11.6 Å². The van der Waals surface area contributed by atoms with Crippen molar-refractivity contribution in [1.82, 2.24) is 9.78 Å². The molecule has 3 aromatic rings. The lowest BCUT2D eigenvalue weighted by Crippen LogP contribution is -1.93. The molecule has 20 heavy (non-hydrogen) atoms. The fourth-order valence-electron chi connectivity index (χ4n) is 1.89. The van der Waals surface area contributed by atoms with Crippen molar-refractivity contribution in [2.75, 3.05) is 0 Å². The number of aromatic nitrogens is 2. The molecule has 0 saturated carbocycles. The Labute approximate surface area is 142 Å². The zero-order valence-corrected chi connectivity index (χ0v) is 14.9. The Balaban J connectivity index is 1.92. The van der Waals surface area contributed by atoms with Crippen molar-refractivity contribution >= 4 is 54.8 Å². The first-order chi connectivity index (χ1) is 9.65. The van der Waals surface area contributed by atoms with Gasteiger partial charge in [0.05, 0.1) is 24.8 Å². The number of para-hydroxylation sites is 1. The molecule has 0 aliphatic carbocycles. The van der Waals surface area contributed by atoms with E-state index in [0.29, 0.717) is 0 Å². The normalized spacial score (nSPS) is 12.6. The lowest BCUT2D eigenvalue weighted by atomic mass is 10.1. The molecule has 1 unspecified atom stereocenters. The smallest absolute Gasteiger partial charge is 0.0885 e. The molecular weight excluding hydrogens is 423 g/mol. The molecule has 0 radical (unpaired) electrons. The van der Waals surface area contributed by atoms with E-state index in [1.165, 1.54) is 0 Å². The SMILES string of the molecule is ClC(c1cnn(-c2ccccc2)c1)c1cc(Br)sc1Br. The minimum absolute atomic E-state index is 0.218. The van der Waals surface area contributed by atoms with Crippen LogP contribution in [0.1, 0.15) is 16.5 Å². The summed E-state index contributed by atoms with van der Waals surface area (Å²) < 4.78 is 3.93. The maximum absolute atomic E-state index is 6.55. The fourth-order valence-corrected chi connectivity index (χ4v) is 5.28. The van der Waals surface area contributed by atoms with E-state index in [-0.39, 0.29) is 5.38 Å². The molecule has 1 aromatic carbocycles. The molecule has 0 aliphatic rings. The van der Waals surface area contributed by atoms with Crippen LogP contribution in [-0.2, 0) is 0 Å². The molecule has 0 N–H and O–H groups in total. The molecule has 2 heterocycles. The van der Waals surface area contributed by atoms with Gasteiger partial charge in [0.25, 0.3) is 0 Å². The maximum Gasteiger partial charge on any atom is 0.0885 e. The molecule has 2 nitrogen and oxygen atoms in total. The van der Waals surface area contributed by atoms with E-state index < -0.39 is 0 Å². The summed E-state index contributed by atoms with van der Waals surface area (Å²) in [5.74, 6) is 0. The lowest BCUT2D eigenvalue weighted by molar-refractivity contribution is 0.880. The average molecular weight is 433 g/mol. The van der Waals surface area contributed by atoms with Gasteiger partial charge in [-0.15, -0.1) is 22.9 Å². The second kappa shape index (κ2) is 6.02. The number of thiophene rings is 1. The van der Waals surface area contributed by atoms with Gasteiger partial charge in [0.1, 0.15) is 0 Å². The Kier molecular flexibility index (Phi) is 4.31. The van der Waals surface area contributed by atoms with Gasteiger partial charge in [-0.05, 0) is 50.1 Å². The monoisotopic (exact) mass is 430 g/mol. The Bertz CT molecular complexity index is 724. The van der Waals surface area contributed by atoms with E-state index in [0.717, 1.165) is 24.4 Å². The molecule has 0 bridgehead atoms. The van der Waals surface area contributed by atoms with E-state index in [1.54, 1.807) is 11.3 Å². The van der Waals surface area contributed by atoms with Crippen molar-refractivity contribution < 1.29 is 0 Å². The number of alkyl halides is 1. The van der Waals surface area contributed by atoms with Crippen molar-refractivity contribution in [3.8, 4) is 5.69 Å². The summed E-state index contributed by atoms with van der Waals surface area (Å²) in [6.07, 6.45) is 3.77. The van der Waals surface area contributed by atoms with Gasteiger partial charge in [-0.3, -0.25) is 0 Å². The van der Waals surface area contributed by atoms with Crippen LogP contribution in [0.3, 0.4) is 0 Å². The predicted molar refractivity (Wildman–Crippen MR) is 91.0 cm³/mol. The summed E-state index contributed by atoms with van der Waals surface area (Å²) in [5, 5.41) is 4.16. The number of nitrogens with zero attached hydrogens (tertiary/aromatic N) is 2. The number of halogens is 3. The Morgan fingerprint density at radius 3 is 2.60 bits per heavy atom. The molecule has 0 fully saturated rings. The van der Waals surface area contributed by atoms with Gasteiger partial charge >= 0.3 is 0 Å². The predicted octanol–water partition coefficient (Wildman–Crippen LogP) is 5.79. The summed E-state index contributed by atoms with van der Waals surface area (Å²) in [5.41, 5.74) is 3.05. The number of rotatable bonds is 3. The Hall–Kier alpha value is -0.620. The fraction of sp³-hybridized carbons (Fsp3) is 0.0714. The molecule has 2 aromatic heterocycles. The number of benzene rings is 1. The third-order valence-corrected chi connectivity index (χ3v) is 5.74. The van der Waals surface area contributed by atoms with Gasteiger partial charge in [0, 0.05) is 17.3 Å². The molecule has 3 rings (SSSR count). The minimum Gasteiger partial charge on any atom is -0.241 e. The summed E-state index contributed by atoms with van der Waals surface area (Å²) in [4.78, 5) is 0. The molecule has 0 saturated heterocycles. The second-order valence-electron chi connectivity index (χ2n) is 4.20. The molecule has 1 atom stereocenters. The minimum atomic E-state index is -0.218. The summed E-state index contributed by atoms with van der Waals surface area (Å²) >= 11 is 15.2. The van der Waals surface area contributed by atoms with Crippen LogP contribution >= 0.6 is 54.8 Å². The molecule has 0 aliphatic heterocycles. The standard InChI is InChI=1S/C14H9Br2ClN2S/c15-12-6-11(14(16)20-12)13(17)9-7-18-19(8-9)10-4-2-1-3-5-10/h1-8,13H.